The third-order valence-corrected chi connectivity index (χ3v) is 24.2. The predicted molar refractivity (Wildman–Crippen MR) is 426 cm³/mol. The van der Waals surface area contributed by atoms with Gasteiger partial charge in [0.2, 0.25) is 47.3 Å². The highest BCUT2D eigenvalue weighted by molar-refractivity contribution is 8.00. The molecule has 2 aromatic carbocycles. The fourth-order valence-corrected chi connectivity index (χ4v) is 16.9. The van der Waals surface area contributed by atoms with Gasteiger partial charge in [-0.25, -0.2) is 13.6 Å². The van der Waals surface area contributed by atoms with Crippen LogP contribution in [0.1, 0.15) is 206 Å². The van der Waals surface area contributed by atoms with Gasteiger partial charge in [0.1, 0.15) is 30.1 Å². The number of halogens is 2. The lowest BCUT2D eigenvalue weighted by Gasteiger charge is -2.41. The number of rotatable bonds is 52. The van der Waals surface area contributed by atoms with E-state index in [0.717, 1.165) is 31.0 Å². The number of unbranched alkanes of at least 4 members (excludes halogenated alkanes) is 3. The molecule has 1 aliphatic carbocycles. The number of methoxy groups -OCH3 is 2. The molecule has 0 aromatic heterocycles. The van der Waals surface area contributed by atoms with Crippen LogP contribution in [0, 0.1) is 58.5 Å². The van der Waals surface area contributed by atoms with Crippen molar-refractivity contribution in [2.75, 3.05) is 81.4 Å². The molecule has 12 atom stereocenters. The number of Topliss-reactive ketones (excluding diaryl/α,β-unsaturated/α-hetero) is 4. The monoisotopic (exact) mass is 1620 g/mol. The first-order valence-corrected chi connectivity index (χ1v) is 41.4. The van der Waals surface area contributed by atoms with E-state index >= 15 is 4.79 Å². The fraction of sp³-hybridized carbons (Fsp3) is 0.690. The van der Waals surface area contributed by atoms with Crippen LogP contribution in [0.3, 0.4) is 0 Å². The molecular weight excluding hydrogens is 1490 g/mol. The highest BCUT2D eigenvalue weighted by atomic mass is 32.2. The van der Waals surface area contributed by atoms with Crippen LogP contribution in [0.15, 0.2) is 42.5 Å². The molecule has 1 unspecified atom stereocenters. The predicted octanol–water partition coefficient (Wildman–Crippen LogP) is 8.78. The summed E-state index contributed by atoms with van der Waals surface area (Å²) >= 11 is 1.45. The SMILES string of the molecule is CC[C@H](C)[C@@H]([C@@H](CC(=O)N1C[C@@H](OC(=O)N(C)CCCC(=O)OCc2ccc(CC(=O)[C@H](CCCCC(N)=O)NC(=O)[C@@H](CC(=O)CCCCCN3C(=O)CC(SCC4(CC(=O)NC)CC4)C3=O)C(C)C)cc2)C[C@H]1[C@H](OC)[C@@H](C)C(=O)NCC(=O)c1c(F)cccc1F)OC)N(C)C(=O)[C@@H](CC(=O)[C@H](C(C)C)N(C)C)C(C)C. The van der Waals surface area contributed by atoms with Gasteiger partial charge in [-0.05, 0) is 111 Å². The van der Waals surface area contributed by atoms with E-state index in [0.29, 0.717) is 61.8 Å². The Morgan fingerprint density at radius 3 is 1.96 bits per heavy atom. The summed E-state index contributed by atoms with van der Waals surface area (Å²) in [5.74, 6) is -9.92. The summed E-state index contributed by atoms with van der Waals surface area (Å²) in [4.78, 5) is 196. The lowest BCUT2D eigenvalue weighted by Crippen LogP contribution is -2.54. The van der Waals surface area contributed by atoms with Gasteiger partial charge >= 0.3 is 12.1 Å². The Bertz CT molecular complexity index is 3610. The number of hydrogen-bond acceptors (Lipinski definition) is 20. The molecule has 27 nitrogen and oxygen atoms in total. The number of imide groups is 1. The number of amides is 9. The third-order valence-electron chi connectivity index (χ3n) is 22.6. The molecule has 0 bridgehead atoms. The van der Waals surface area contributed by atoms with Gasteiger partial charge in [0.05, 0.1) is 72.6 Å². The van der Waals surface area contributed by atoms with E-state index in [1.807, 2.05) is 74.4 Å². The average molecular weight is 1620 g/mol. The molecule has 3 aliphatic rings. The van der Waals surface area contributed by atoms with Gasteiger partial charge in [0.15, 0.2) is 17.3 Å². The quantitative estimate of drug-likeness (QED) is 0.0208. The first-order valence-electron chi connectivity index (χ1n) is 40.3. The van der Waals surface area contributed by atoms with Crippen molar-refractivity contribution in [1.29, 1.82) is 0 Å². The molecule has 2 saturated heterocycles. The standard InChI is InChI=1S/C84H127F2N9O18S/c1-17-53(8)77(93(14)81(107)60(51(4)5)42-66(98)76(52(6)7)91(11)12)68(110-15)43-72(102)95-47-58(41-64(95)78(111-16)54(9)79(105)89-46-67(99)75-61(85)26-23-27-62(75)86)113-83(109)92(13)37-24-30-74(104)112-48-56-33-31-55(32-34-56)39-65(97)63(28-20-21-29-70(87)100)90-80(106)59(50(2)3)40-57(96)25-19-18-22-38-94-73(103)44-69(82(94)108)114-49-84(35-36-84)45-71(101)88-10/h23,26-27,31-34,50-54,58-60,63-64,68-69,76-78H,17-22,24-25,28-30,35-49H2,1-16H3,(H2,87,100)(H,88,101)(H,89,105)(H,90,106)/t53-,54+,58-,59-,60-,63-,64-,68+,69?,76-,77-,78+/m0/s1. The summed E-state index contributed by atoms with van der Waals surface area (Å²) in [6, 6.07) is 6.74. The minimum Gasteiger partial charge on any atom is -0.461 e. The zero-order chi connectivity index (χ0) is 85.0. The van der Waals surface area contributed by atoms with Gasteiger partial charge in [-0.1, -0.05) is 112 Å². The number of primary amides is 1. The van der Waals surface area contributed by atoms with Crippen molar-refractivity contribution >= 4 is 94.2 Å². The van der Waals surface area contributed by atoms with Gasteiger partial charge in [-0.15, -0.1) is 11.8 Å². The van der Waals surface area contributed by atoms with Crippen LogP contribution in [-0.4, -0.2) is 236 Å². The molecule has 2 aromatic rings. The van der Waals surface area contributed by atoms with Gasteiger partial charge in [0.25, 0.3) is 0 Å². The first-order chi connectivity index (χ1) is 53.8. The second-order valence-electron chi connectivity index (χ2n) is 32.6. The molecule has 30 heteroatoms. The topological polar surface area (TPSA) is 354 Å². The maximum Gasteiger partial charge on any atom is 0.409 e. The van der Waals surface area contributed by atoms with E-state index in [2.05, 4.69) is 16.0 Å². The number of carbonyl (C=O) groups excluding carboxylic acids is 14. The second-order valence-corrected chi connectivity index (χ2v) is 33.8. The lowest BCUT2D eigenvalue weighted by molar-refractivity contribution is -0.149. The minimum absolute atomic E-state index is 0.000910. The van der Waals surface area contributed by atoms with Crippen molar-refractivity contribution in [3.8, 4) is 0 Å². The fourth-order valence-electron chi connectivity index (χ4n) is 15.4. The molecule has 5 N–H and O–H groups in total. The number of hydrogen-bond donors (Lipinski definition) is 4. The highest BCUT2D eigenvalue weighted by Gasteiger charge is 2.49. The summed E-state index contributed by atoms with van der Waals surface area (Å²) in [6.07, 6.45) is 1.58. The Labute approximate surface area is 676 Å². The highest BCUT2D eigenvalue weighted by Crippen LogP contribution is 2.52. The van der Waals surface area contributed by atoms with Gasteiger partial charge in [-0.2, -0.15) is 0 Å². The Balaban J connectivity index is 1.17. The average Bonchev–Trinajstić information content (AvgIpc) is 1.63. The van der Waals surface area contributed by atoms with Gasteiger partial charge in [0, 0.05) is 124 Å². The summed E-state index contributed by atoms with van der Waals surface area (Å²) in [5.41, 5.74) is 5.67. The molecule has 1 saturated carbocycles. The number of likely N-dealkylation sites (tertiary alicyclic amines) is 2. The second kappa shape index (κ2) is 46.6. The van der Waals surface area contributed by atoms with Crippen molar-refractivity contribution in [2.24, 2.45) is 52.6 Å². The molecule has 9 amide bonds. The van der Waals surface area contributed by atoms with E-state index in [9.17, 15) is 71.1 Å². The summed E-state index contributed by atoms with van der Waals surface area (Å²) in [5, 5.41) is 7.55. The zero-order valence-electron chi connectivity index (χ0n) is 69.9. The molecule has 2 heterocycles. The van der Waals surface area contributed by atoms with Crippen LogP contribution in [0.5, 0.6) is 0 Å². The summed E-state index contributed by atoms with van der Waals surface area (Å²) < 4.78 is 52.9. The van der Waals surface area contributed by atoms with E-state index in [-0.39, 0.29) is 167 Å². The number of nitrogens with one attached hydrogen (secondary N) is 3. The Hall–Kier alpha value is -8.09. The minimum atomic E-state index is -1.12. The summed E-state index contributed by atoms with van der Waals surface area (Å²) in [6.45, 7) is 15.9. The van der Waals surface area contributed by atoms with Crippen LogP contribution >= 0.6 is 11.8 Å². The number of nitrogens with two attached hydrogens (primary N) is 1. The number of ether oxygens (including phenoxy) is 4. The maximum atomic E-state index is 15.1. The number of benzene rings is 2. The molecule has 0 radical (unpaired) electrons. The zero-order valence-corrected chi connectivity index (χ0v) is 70.7. The molecule has 0 spiro atoms. The lowest BCUT2D eigenvalue weighted by atomic mass is 9.83. The van der Waals surface area contributed by atoms with Crippen LogP contribution in [-0.2, 0) is 89.5 Å². The van der Waals surface area contributed by atoms with Crippen molar-refractivity contribution in [3.05, 3.63) is 70.8 Å². The number of likely N-dealkylation sites (N-methyl/N-ethyl adjacent to an activating group) is 2. The number of ketones is 4. The Kier molecular flexibility index (Phi) is 39.4. The number of nitrogens with zero attached hydrogens (tertiary/aromatic N) is 5. The van der Waals surface area contributed by atoms with Crippen LogP contribution in [0.2, 0.25) is 0 Å². The van der Waals surface area contributed by atoms with Gasteiger partial charge < -0.3 is 55.3 Å². The first kappa shape index (κ1) is 96.5. The Morgan fingerprint density at radius 2 is 1.38 bits per heavy atom. The van der Waals surface area contributed by atoms with Crippen molar-refractivity contribution < 1.29 is 94.9 Å². The van der Waals surface area contributed by atoms with Crippen molar-refractivity contribution in [2.45, 2.75) is 245 Å². The van der Waals surface area contributed by atoms with Gasteiger partial charge in [-0.3, -0.25) is 72.1 Å². The molecule has 636 valence electrons. The normalized spacial score (nSPS) is 18.3. The Morgan fingerprint density at radius 1 is 0.737 bits per heavy atom. The summed E-state index contributed by atoms with van der Waals surface area (Å²) in [7, 11) is 11.1. The third kappa shape index (κ3) is 29.0. The van der Waals surface area contributed by atoms with E-state index in [1.54, 1.807) is 43.3 Å². The maximum absolute atomic E-state index is 15.1. The van der Waals surface area contributed by atoms with Crippen LogP contribution < -0.4 is 21.7 Å². The molecule has 2 aliphatic heterocycles. The van der Waals surface area contributed by atoms with Crippen molar-refractivity contribution in [3.63, 3.8) is 0 Å². The molecule has 3 fully saturated rings. The largest absolute Gasteiger partial charge is 0.461 e. The molecule has 114 heavy (non-hydrogen) atoms. The molecular formula is C84H127F2N9O18S. The van der Waals surface area contributed by atoms with E-state index < -0.39 is 131 Å². The molecule has 5 rings (SSSR count). The number of esters is 1. The van der Waals surface area contributed by atoms with Crippen molar-refractivity contribution in [1.82, 2.24) is 40.4 Å². The van der Waals surface area contributed by atoms with Crippen LogP contribution in [0.25, 0.3) is 0 Å². The number of thioether (sulfide) groups is 1. The van der Waals surface area contributed by atoms with Crippen LogP contribution in [0.4, 0.5) is 13.6 Å². The smallest absolute Gasteiger partial charge is 0.409 e. The van der Waals surface area contributed by atoms with E-state index in [4.69, 9.17) is 24.7 Å². The number of carbonyl (C=O) groups is 14. The van der Waals surface area contributed by atoms with E-state index in [1.165, 1.54) is 54.7 Å².